The number of rotatable bonds is 2. The Morgan fingerprint density at radius 1 is 1.53 bits per heavy atom. The highest BCUT2D eigenvalue weighted by atomic mass is 35.5. The van der Waals surface area contributed by atoms with E-state index in [-0.39, 0.29) is 5.69 Å². The van der Waals surface area contributed by atoms with Crippen LogP contribution in [0.2, 0.25) is 5.02 Å². The van der Waals surface area contributed by atoms with E-state index in [1.807, 2.05) is 0 Å². The Morgan fingerprint density at radius 3 is 2.94 bits per heavy atom. The van der Waals surface area contributed by atoms with Crippen molar-refractivity contribution in [2.45, 2.75) is 5.67 Å². The van der Waals surface area contributed by atoms with Crippen LogP contribution in [0.15, 0.2) is 42.6 Å². The molecule has 3 nitrogen and oxygen atoms in total. The SMILES string of the molecule is NC(=O)C1C=CC=CC1(F)c1cc(Cl)ccn1. The Balaban J connectivity index is 2.50. The molecule has 2 N–H and O–H groups in total. The number of allylic oxidation sites excluding steroid dienone is 3. The van der Waals surface area contributed by atoms with E-state index in [9.17, 15) is 9.18 Å². The van der Waals surface area contributed by atoms with E-state index < -0.39 is 17.5 Å². The smallest absolute Gasteiger partial charge is 0.228 e. The van der Waals surface area contributed by atoms with Gasteiger partial charge in [0.1, 0.15) is 0 Å². The number of carbonyl (C=O) groups is 1. The lowest BCUT2D eigenvalue weighted by Gasteiger charge is -2.28. The van der Waals surface area contributed by atoms with Gasteiger partial charge in [0.15, 0.2) is 5.67 Å². The van der Waals surface area contributed by atoms with Crippen molar-refractivity contribution in [1.82, 2.24) is 4.98 Å². The molecule has 2 rings (SSSR count). The molecule has 0 saturated carbocycles. The van der Waals surface area contributed by atoms with Crippen LogP contribution in [0.5, 0.6) is 0 Å². The molecular formula is C12H10ClFN2O. The molecule has 0 aromatic carbocycles. The van der Waals surface area contributed by atoms with Gasteiger partial charge in [0.2, 0.25) is 5.91 Å². The van der Waals surface area contributed by atoms with Crippen LogP contribution >= 0.6 is 11.6 Å². The van der Waals surface area contributed by atoms with Crippen molar-refractivity contribution in [2.24, 2.45) is 11.7 Å². The maximum atomic E-state index is 14.8. The molecule has 17 heavy (non-hydrogen) atoms. The summed E-state index contributed by atoms with van der Waals surface area (Å²) in [6, 6.07) is 2.93. The molecule has 1 aromatic heterocycles. The van der Waals surface area contributed by atoms with Crippen LogP contribution in [0.3, 0.4) is 0 Å². The average Bonchev–Trinajstić information content (AvgIpc) is 2.29. The second kappa shape index (κ2) is 4.30. The fourth-order valence-corrected chi connectivity index (χ4v) is 1.94. The molecule has 0 fully saturated rings. The van der Waals surface area contributed by atoms with Crippen molar-refractivity contribution >= 4 is 17.5 Å². The van der Waals surface area contributed by atoms with Crippen LogP contribution < -0.4 is 5.73 Å². The second-order valence-electron chi connectivity index (χ2n) is 3.75. The summed E-state index contributed by atoms with van der Waals surface area (Å²) in [7, 11) is 0. The number of hydrogen-bond donors (Lipinski definition) is 1. The van der Waals surface area contributed by atoms with E-state index >= 15 is 0 Å². The van der Waals surface area contributed by atoms with Gasteiger partial charge in [-0.15, -0.1) is 0 Å². The van der Waals surface area contributed by atoms with Crippen LogP contribution in [-0.4, -0.2) is 10.9 Å². The summed E-state index contributed by atoms with van der Waals surface area (Å²) in [5.41, 5.74) is 3.24. The van der Waals surface area contributed by atoms with Crippen LogP contribution in [0.4, 0.5) is 4.39 Å². The largest absolute Gasteiger partial charge is 0.369 e. The van der Waals surface area contributed by atoms with Crippen LogP contribution in [0, 0.1) is 5.92 Å². The number of alkyl halides is 1. The first kappa shape index (κ1) is 11.8. The minimum atomic E-state index is -2.04. The summed E-state index contributed by atoms with van der Waals surface area (Å²) in [4.78, 5) is 15.2. The summed E-state index contributed by atoms with van der Waals surface area (Å²) in [5.74, 6) is -1.81. The van der Waals surface area contributed by atoms with Crippen molar-refractivity contribution in [1.29, 1.82) is 0 Å². The van der Waals surface area contributed by atoms with Gasteiger partial charge in [0, 0.05) is 11.2 Å². The van der Waals surface area contributed by atoms with E-state index in [1.54, 1.807) is 6.08 Å². The number of carbonyl (C=O) groups excluding carboxylic acids is 1. The van der Waals surface area contributed by atoms with Crippen LogP contribution in [0.1, 0.15) is 5.69 Å². The fourth-order valence-electron chi connectivity index (χ4n) is 1.78. The van der Waals surface area contributed by atoms with Crippen molar-refractivity contribution in [3.05, 3.63) is 53.4 Å². The molecule has 0 aliphatic heterocycles. The number of halogens is 2. The molecule has 0 bridgehead atoms. The number of hydrogen-bond acceptors (Lipinski definition) is 2. The maximum absolute atomic E-state index is 14.8. The Kier molecular flexibility index (Phi) is 2.98. The third-order valence-corrected chi connectivity index (χ3v) is 2.86. The molecule has 0 radical (unpaired) electrons. The molecule has 5 heteroatoms. The Bertz CT molecular complexity index is 515. The summed E-state index contributed by atoms with van der Waals surface area (Å²) >= 11 is 5.79. The second-order valence-corrected chi connectivity index (χ2v) is 4.19. The Morgan fingerprint density at radius 2 is 2.29 bits per heavy atom. The first-order chi connectivity index (χ1) is 8.04. The third-order valence-electron chi connectivity index (χ3n) is 2.63. The predicted molar refractivity (Wildman–Crippen MR) is 63.0 cm³/mol. The zero-order valence-electron chi connectivity index (χ0n) is 8.81. The van der Waals surface area contributed by atoms with Gasteiger partial charge < -0.3 is 5.73 Å². The number of amides is 1. The number of nitrogens with zero attached hydrogens (tertiary/aromatic N) is 1. The van der Waals surface area contributed by atoms with Gasteiger partial charge in [0.05, 0.1) is 11.6 Å². The van der Waals surface area contributed by atoms with Crippen molar-refractivity contribution in [3.63, 3.8) is 0 Å². The zero-order chi connectivity index (χ0) is 12.5. The number of nitrogens with two attached hydrogens (primary N) is 1. The normalized spacial score (nSPS) is 27.1. The third kappa shape index (κ3) is 2.08. The highest BCUT2D eigenvalue weighted by molar-refractivity contribution is 6.30. The van der Waals surface area contributed by atoms with Crippen LogP contribution in [-0.2, 0) is 10.5 Å². The molecule has 1 aliphatic rings. The van der Waals surface area contributed by atoms with E-state index in [0.29, 0.717) is 5.02 Å². The molecule has 1 aromatic rings. The van der Waals surface area contributed by atoms with Crippen molar-refractivity contribution < 1.29 is 9.18 Å². The molecule has 1 amide bonds. The Labute approximate surface area is 103 Å². The summed E-state index contributed by atoms with van der Waals surface area (Å²) in [6.45, 7) is 0. The predicted octanol–water partition coefficient (Wildman–Crippen LogP) is 2.13. The topological polar surface area (TPSA) is 56.0 Å². The van der Waals surface area contributed by atoms with Gasteiger partial charge in [-0.05, 0) is 18.2 Å². The van der Waals surface area contributed by atoms with E-state index in [0.717, 1.165) is 0 Å². The summed E-state index contributed by atoms with van der Waals surface area (Å²) in [6.07, 6.45) is 7.18. The summed E-state index contributed by atoms with van der Waals surface area (Å²) in [5, 5.41) is 0.359. The number of pyridine rings is 1. The highest BCUT2D eigenvalue weighted by Crippen LogP contribution is 2.38. The first-order valence-corrected chi connectivity index (χ1v) is 5.38. The Hall–Kier alpha value is -1.68. The molecule has 2 atom stereocenters. The van der Waals surface area contributed by atoms with E-state index in [1.165, 1.54) is 36.6 Å². The fraction of sp³-hybridized carbons (Fsp3) is 0.167. The lowest BCUT2D eigenvalue weighted by atomic mass is 9.82. The molecule has 88 valence electrons. The van der Waals surface area contributed by atoms with E-state index in [2.05, 4.69) is 4.98 Å². The van der Waals surface area contributed by atoms with Gasteiger partial charge in [-0.3, -0.25) is 9.78 Å². The molecule has 0 saturated heterocycles. The number of primary amides is 1. The monoisotopic (exact) mass is 252 g/mol. The molecule has 1 aliphatic carbocycles. The highest BCUT2D eigenvalue weighted by Gasteiger charge is 2.43. The lowest BCUT2D eigenvalue weighted by Crippen LogP contribution is -2.39. The number of aromatic nitrogens is 1. The molecule has 1 heterocycles. The zero-order valence-corrected chi connectivity index (χ0v) is 9.56. The van der Waals surface area contributed by atoms with Gasteiger partial charge >= 0.3 is 0 Å². The van der Waals surface area contributed by atoms with E-state index in [4.69, 9.17) is 17.3 Å². The quantitative estimate of drug-likeness (QED) is 0.877. The van der Waals surface area contributed by atoms with Crippen molar-refractivity contribution in [3.8, 4) is 0 Å². The van der Waals surface area contributed by atoms with Crippen LogP contribution in [0.25, 0.3) is 0 Å². The lowest BCUT2D eigenvalue weighted by molar-refractivity contribution is -0.123. The molecule has 0 spiro atoms. The van der Waals surface area contributed by atoms with Gasteiger partial charge in [-0.1, -0.05) is 29.8 Å². The van der Waals surface area contributed by atoms with Gasteiger partial charge in [-0.2, -0.15) is 0 Å². The molecular weight excluding hydrogens is 243 g/mol. The average molecular weight is 253 g/mol. The van der Waals surface area contributed by atoms with Gasteiger partial charge in [0.25, 0.3) is 0 Å². The molecule has 2 unspecified atom stereocenters. The standard InChI is InChI=1S/C12H10ClFN2O/c13-8-4-6-16-10(7-8)12(14)5-2-1-3-9(12)11(15)17/h1-7,9H,(H2,15,17). The van der Waals surface area contributed by atoms with Gasteiger partial charge in [-0.25, -0.2) is 4.39 Å². The first-order valence-electron chi connectivity index (χ1n) is 5.00. The minimum absolute atomic E-state index is 0.0781. The van der Waals surface area contributed by atoms with Crippen molar-refractivity contribution in [2.75, 3.05) is 0 Å². The minimum Gasteiger partial charge on any atom is -0.369 e. The summed E-state index contributed by atoms with van der Waals surface area (Å²) < 4.78 is 14.8. The maximum Gasteiger partial charge on any atom is 0.228 e.